The minimum Gasteiger partial charge on any atom is -0.395 e. The van der Waals surface area contributed by atoms with Gasteiger partial charge in [0.15, 0.2) is 0 Å². The maximum absolute atomic E-state index is 12.3. The van der Waals surface area contributed by atoms with Gasteiger partial charge in [0.2, 0.25) is 5.78 Å². The fraction of sp³-hybridized carbons (Fsp3) is 0.692. The van der Waals surface area contributed by atoms with Crippen molar-refractivity contribution in [1.29, 1.82) is 0 Å². The third-order valence-electron chi connectivity index (χ3n) is 4.64. The number of rotatable bonds is 6. The van der Waals surface area contributed by atoms with E-state index in [9.17, 15) is 29.8 Å². The van der Waals surface area contributed by atoms with Gasteiger partial charge >= 0.3 is 5.54 Å². The van der Waals surface area contributed by atoms with Crippen LogP contribution in [0.15, 0.2) is 12.2 Å². The molecule has 0 amide bonds. The molecule has 0 aromatic heterocycles. The van der Waals surface area contributed by atoms with Crippen LogP contribution in [0.2, 0.25) is 0 Å². The Bertz CT molecular complexity index is 604. The van der Waals surface area contributed by atoms with Gasteiger partial charge in [-0.3, -0.25) is 29.9 Å². The SMILES string of the molecule is CC(=O)C[C@H]1[C@]2([N+](=O)[O-])CN(CCO)C[C@]1([N+](=O)[O-])C=CC2=O. The van der Waals surface area contributed by atoms with Crippen molar-refractivity contribution in [1.82, 2.24) is 4.90 Å². The van der Waals surface area contributed by atoms with Crippen LogP contribution >= 0.6 is 0 Å². The molecule has 1 fully saturated rings. The Morgan fingerprint density at radius 3 is 2.52 bits per heavy atom. The van der Waals surface area contributed by atoms with Gasteiger partial charge in [0, 0.05) is 22.8 Å². The van der Waals surface area contributed by atoms with Crippen molar-refractivity contribution in [3.8, 4) is 0 Å². The van der Waals surface area contributed by atoms with Crippen LogP contribution in [0.25, 0.3) is 0 Å². The van der Waals surface area contributed by atoms with Crippen LogP contribution in [0.3, 0.4) is 0 Å². The lowest BCUT2D eigenvalue weighted by Crippen LogP contribution is -2.75. The molecule has 0 unspecified atom stereocenters. The van der Waals surface area contributed by atoms with E-state index in [0.717, 1.165) is 12.2 Å². The number of likely N-dealkylation sites (tertiary alicyclic amines) is 1. The van der Waals surface area contributed by atoms with E-state index in [2.05, 4.69) is 0 Å². The average Bonchev–Trinajstić information content (AvgIpc) is 2.44. The minimum atomic E-state index is -2.25. The maximum Gasteiger partial charge on any atom is 0.305 e. The lowest BCUT2D eigenvalue weighted by Gasteiger charge is -2.47. The van der Waals surface area contributed by atoms with Crippen LogP contribution in [0, 0.1) is 26.1 Å². The molecule has 2 rings (SSSR count). The Kier molecular flexibility index (Phi) is 4.31. The highest BCUT2D eigenvalue weighted by atomic mass is 16.6. The van der Waals surface area contributed by atoms with Crippen LogP contribution in [0.4, 0.5) is 0 Å². The average molecular weight is 327 g/mol. The fourth-order valence-electron chi connectivity index (χ4n) is 3.63. The predicted octanol–water partition coefficient (Wildman–Crippen LogP) is -0.940. The summed E-state index contributed by atoms with van der Waals surface area (Å²) in [7, 11) is 0. The number of carbonyl (C=O) groups is 2. The molecule has 10 nitrogen and oxygen atoms in total. The smallest absolute Gasteiger partial charge is 0.305 e. The van der Waals surface area contributed by atoms with E-state index >= 15 is 0 Å². The second kappa shape index (κ2) is 5.78. The summed E-state index contributed by atoms with van der Waals surface area (Å²) < 4.78 is 0. The van der Waals surface area contributed by atoms with E-state index in [4.69, 9.17) is 5.11 Å². The standard InChI is InChI=1S/C13H17N3O7/c1-9(18)6-10-12(15(20)21)3-2-11(19)13(10,16(22)23)8-14(7-12)4-5-17/h2-3,10,17H,4-8H2,1H3/t10-,12-,13-/m1/s1. The molecule has 1 aliphatic heterocycles. The van der Waals surface area contributed by atoms with Gasteiger partial charge in [-0.15, -0.1) is 0 Å². The molecule has 0 aromatic rings. The van der Waals surface area contributed by atoms with Crippen LogP contribution in [0.5, 0.6) is 0 Å². The van der Waals surface area contributed by atoms with E-state index in [1.165, 1.54) is 11.8 Å². The zero-order chi connectivity index (χ0) is 17.4. The molecular formula is C13H17N3O7. The zero-order valence-corrected chi connectivity index (χ0v) is 12.5. The topological polar surface area (TPSA) is 144 Å². The van der Waals surface area contributed by atoms with Crippen LogP contribution in [-0.4, -0.2) is 68.7 Å². The lowest BCUT2D eigenvalue weighted by molar-refractivity contribution is -0.623. The van der Waals surface area contributed by atoms with Crippen LogP contribution in [-0.2, 0) is 9.59 Å². The molecule has 10 heteroatoms. The van der Waals surface area contributed by atoms with Gasteiger partial charge in [0.25, 0.3) is 5.54 Å². The molecule has 2 bridgehead atoms. The third-order valence-corrected chi connectivity index (χ3v) is 4.64. The number of nitro groups is 2. The maximum atomic E-state index is 12.3. The van der Waals surface area contributed by atoms with E-state index in [1.54, 1.807) is 0 Å². The fourth-order valence-corrected chi connectivity index (χ4v) is 3.63. The first-order valence-corrected chi connectivity index (χ1v) is 7.06. The number of nitrogens with zero attached hydrogens (tertiary/aromatic N) is 3. The number of carbonyl (C=O) groups excluding carboxylic acids is 2. The van der Waals surface area contributed by atoms with Crippen molar-refractivity contribution in [2.45, 2.75) is 24.4 Å². The Hall–Kier alpha value is -2.20. The van der Waals surface area contributed by atoms with Crippen molar-refractivity contribution < 1.29 is 24.5 Å². The van der Waals surface area contributed by atoms with Crippen molar-refractivity contribution in [2.24, 2.45) is 5.92 Å². The summed E-state index contributed by atoms with van der Waals surface area (Å²) in [6.45, 7) is 0.246. The summed E-state index contributed by atoms with van der Waals surface area (Å²) in [5.74, 6) is -2.66. The zero-order valence-electron chi connectivity index (χ0n) is 12.5. The van der Waals surface area contributed by atoms with E-state index in [-0.39, 0.29) is 26.2 Å². The highest BCUT2D eigenvalue weighted by molar-refractivity contribution is 5.99. The van der Waals surface area contributed by atoms with Gasteiger partial charge in [-0.1, -0.05) is 0 Å². The second-order valence-corrected chi connectivity index (χ2v) is 6.02. The summed E-state index contributed by atoms with van der Waals surface area (Å²) in [4.78, 5) is 47.2. The molecule has 0 radical (unpaired) electrons. The van der Waals surface area contributed by atoms with Gasteiger partial charge in [-0.05, 0) is 19.1 Å². The first kappa shape index (κ1) is 17.2. The van der Waals surface area contributed by atoms with Crippen molar-refractivity contribution >= 4 is 11.6 Å². The minimum absolute atomic E-state index is 0.0287. The summed E-state index contributed by atoms with van der Waals surface area (Å²) in [6, 6.07) is 0. The number of hydrogen-bond acceptors (Lipinski definition) is 8. The first-order chi connectivity index (χ1) is 10.7. The summed E-state index contributed by atoms with van der Waals surface area (Å²) in [6.07, 6.45) is 1.53. The van der Waals surface area contributed by atoms with Crippen molar-refractivity contribution in [3.63, 3.8) is 0 Å². The van der Waals surface area contributed by atoms with Gasteiger partial charge in [-0.2, -0.15) is 0 Å². The lowest BCUT2D eigenvalue weighted by atomic mass is 9.61. The van der Waals surface area contributed by atoms with E-state index in [1.807, 2.05) is 0 Å². The number of aliphatic hydroxyl groups excluding tert-OH is 1. The quantitative estimate of drug-likeness (QED) is 0.486. The van der Waals surface area contributed by atoms with Gasteiger partial charge in [0.1, 0.15) is 11.7 Å². The number of hydrogen-bond donors (Lipinski definition) is 1. The van der Waals surface area contributed by atoms with Crippen LogP contribution < -0.4 is 0 Å². The molecule has 1 heterocycles. The molecule has 2 aliphatic rings. The molecule has 0 saturated carbocycles. The van der Waals surface area contributed by atoms with Gasteiger partial charge in [-0.25, -0.2) is 0 Å². The van der Waals surface area contributed by atoms with Crippen LogP contribution in [0.1, 0.15) is 13.3 Å². The number of aliphatic hydroxyl groups is 1. The highest BCUT2D eigenvalue weighted by Gasteiger charge is 2.73. The van der Waals surface area contributed by atoms with E-state index in [0.29, 0.717) is 0 Å². The number of ketones is 2. The first-order valence-electron chi connectivity index (χ1n) is 7.06. The molecule has 0 spiro atoms. The Morgan fingerprint density at radius 1 is 1.39 bits per heavy atom. The normalized spacial score (nSPS) is 33.5. The molecule has 0 aromatic carbocycles. The Balaban J connectivity index is 2.67. The number of Topliss-reactive ketones (excluding diaryl/α,β-unsaturated/α-hetero) is 1. The summed E-state index contributed by atoms with van der Waals surface area (Å²) in [5.41, 5.74) is -4.15. The molecule has 1 N–H and O–H groups in total. The van der Waals surface area contributed by atoms with Crippen molar-refractivity contribution in [3.05, 3.63) is 32.4 Å². The molecule has 23 heavy (non-hydrogen) atoms. The number of fused-ring (bicyclic) bond motifs is 2. The number of β-amino-alcohol motifs (C(OH)–C–C–N with tert-alkyl or cyclic N) is 1. The Morgan fingerprint density at radius 2 is 2.04 bits per heavy atom. The second-order valence-electron chi connectivity index (χ2n) is 6.02. The monoisotopic (exact) mass is 327 g/mol. The third kappa shape index (κ3) is 2.43. The Labute approximate surface area is 131 Å². The molecule has 3 atom stereocenters. The number of piperidine rings is 1. The predicted molar refractivity (Wildman–Crippen MR) is 75.9 cm³/mol. The summed E-state index contributed by atoms with van der Waals surface area (Å²) >= 11 is 0. The highest BCUT2D eigenvalue weighted by Crippen LogP contribution is 2.45. The van der Waals surface area contributed by atoms with Crippen molar-refractivity contribution in [2.75, 3.05) is 26.2 Å². The summed E-state index contributed by atoms with van der Waals surface area (Å²) in [5, 5.41) is 32.5. The molecule has 1 saturated heterocycles. The molecule has 126 valence electrons. The largest absolute Gasteiger partial charge is 0.395 e. The van der Waals surface area contributed by atoms with Gasteiger partial charge < -0.3 is 9.90 Å². The van der Waals surface area contributed by atoms with E-state index < -0.39 is 44.8 Å². The van der Waals surface area contributed by atoms with Gasteiger partial charge in [0.05, 0.1) is 19.7 Å². The molecule has 1 aliphatic carbocycles. The molecular weight excluding hydrogens is 310 g/mol.